The number of hydrogen-bond donors (Lipinski definition) is 1. The number of carbonyl (C=O) groups is 1. The molecule has 23 heavy (non-hydrogen) atoms. The van der Waals surface area contributed by atoms with Gasteiger partial charge in [0.2, 0.25) is 0 Å². The molecule has 1 aromatic carbocycles. The summed E-state index contributed by atoms with van der Waals surface area (Å²) in [6, 6.07) is 3.64. The van der Waals surface area contributed by atoms with E-state index < -0.39 is 5.97 Å². The number of hydrogen-bond acceptors (Lipinski definition) is 6. The molecule has 3 rings (SSSR count). The normalized spacial score (nSPS) is 18.0. The van der Waals surface area contributed by atoms with Gasteiger partial charge in [0, 0.05) is 24.5 Å². The fourth-order valence-electron chi connectivity index (χ4n) is 2.99. The molecule has 1 atom stereocenters. The van der Waals surface area contributed by atoms with Crippen molar-refractivity contribution >= 4 is 22.7 Å². The molecular weight excluding hydrogens is 298 g/mol. The molecule has 122 valence electrons. The van der Waals surface area contributed by atoms with Crippen LogP contribution >= 0.6 is 0 Å². The lowest BCUT2D eigenvalue weighted by Gasteiger charge is -2.32. The maximum absolute atomic E-state index is 11.3. The van der Waals surface area contributed by atoms with Crippen molar-refractivity contribution in [3.8, 4) is 11.5 Å². The van der Waals surface area contributed by atoms with Crippen molar-refractivity contribution < 1.29 is 19.4 Å². The molecule has 0 bridgehead atoms. The third-order valence-corrected chi connectivity index (χ3v) is 4.19. The average molecular weight is 317 g/mol. The third-order valence-electron chi connectivity index (χ3n) is 4.19. The van der Waals surface area contributed by atoms with Gasteiger partial charge in [0.15, 0.2) is 11.5 Å². The zero-order chi connectivity index (χ0) is 16.4. The molecule has 1 N–H and O–H groups in total. The topological polar surface area (TPSA) is 84.8 Å². The van der Waals surface area contributed by atoms with E-state index in [1.807, 2.05) is 11.0 Å². The molecule has 0 saturated carbocycles. The number of carboxylic acid groups (broad SMARTS) is 1. The molecule has 0 aliphatic carbocycles. The van der Waals surface area contributed by atoms with Gasteiger partial charge in [0.25, 0.3) is 0 Å². The zero-order valence-electron chi connectivity index (χ0n) is 13.2. The summed E-state index contributed by atoms with van der Waals surface area (Å²) >= 11 is 0. The molecule has 0 unspecified atom stereocenters. The molecule has 0 amide bonds. The number of fused-ring (bicyclic) bond motifs is 1. The molecule has 1 aromatic heterocycles. The highest BCUT2D eigenvalue weighted by molar-refractivity contribution is 5.92. The first-order valence-corrected chi connectivity index (χ1v) is 7.48. The van der Waals surface area contributed by atoms with Crippen LogP contribution in [0.4, 0.5) is 5.82 Å². The number of nitrogens with zero attached hydrogens (tertiary/aromatic N) is 3. The number of aliphatic carboxylic acids is 1. The predicted molar refractivity (Wildman–Crippen MR) is 85.2 cm³/mol. The van der Waals surface area contributed by atoms with Crippen molar-refractivity contribution in [1.29, 1.82) is 0 Å². The van der Waals surface area contributed by atoms with Crippen LogP contribution in [-0.4, -0.2) is 48.4 Å². The fraction of sp³-hybridized carbons (Fsp3) is 0.438. The Morgan fingerprint density at radius 3 is 2.70 bits per heavy atom. The third kappa shape index (κ3) is 2.86. The van der Waals surface area contributed by atoms with Crippen molar-refractivity contribution in [1.82, 2.24) is 9.97 Å². The first-order chi connectivity index (χ1) is 11.1. The Morgan fingerprint density at radius 1 is 1.26 bits per heavy atom. The standard InChI is InChI=1S/C16H19N3O4/c1-22-13-6-11-12(7-14(13)23-2)17-9-18-15(11)19-5-3-4-10(8-19)16(20)21/h6-7,9-10H,3-5,8H2,1-2H3,(H,20,21)/t10-/m0/s1. The lowest BCUT2D eigenvalue weighted by molar-refractivity contribution is -0.141. The Morgan fingerprint density at radius 2 is 2.00 bits per heavy atom. The summed E-state index contributed by atoms with van der Waals surface area (Å²) in [5.74, 6) is 0.817. The summed E-state index contributed by atoms with van der Waals surface area (Å²) in [5, 5.41) is 10.1. The summed E-state index contributed by atoms with van der Waals surface area (Å²) in [6.07, 6.45) is 3.02. The maximum atomic E-state index is 11.3. The molecule has 2 heterocycles. The van der Waals surface area contributed by atoms with E-state index in [-0.39, 0.29) is 5.92 Å². The van der Waals surface area contributed by atoms with Gasteiger partial charge in [-0.05, 0) is 18.9 Å². The molecule has 2 aromatic rings. The van der Waals surface area contributed by atoms with E-state index in [2.05, 4.69) is 9.97 Å². The van der Waals surface area contributed by atoms with Crippen LogP contribution in [0.15, 0.2) is 18.5 Å². The van der Waals surface area contributed by atoms with E-state index in [0.29, 0.717) is 24.5 Å². The summed E-state index contributed by atoms with van der Waals surface area (Å²) in [4.78, 5) is 22.0. The largest absolute Gasteiger partial charge is 0.493 e. The molecule has 1 aliphatic rings. The Hall–Kier alpha value is -2.57. The average Bonchev–Trinajstić information content (AvgIpc) is 2.59. The number of benzene rings is 1. The molecule has 7 heteroatoms. The molecule has 1 aliphatic heterocycles. The molecule has 1 fully saturated rings. The van der Waals surface area contributed by atoms with Gasteiger partial charge in [-0.25, -0.2) is 9.97 Å². The quantitative estimate of drug-likeness (QED) is 0.922. The first kappa shape index (κ1) is 15.3. The predicted octanol–water partition coefficient (Wildman–Crippen LogP) is 1.95. The molecular formula is C16H19N3O4. The van der Waals surface area contributed by atoms with Crippen LogP contribution < -0.4 is 14.4 Å². The minimum Gasteiger partial charge on any atom is -0.493 e. The molecule has 0 radical (unpaired) electrons. The SMILES string of the molecule is COc1cc2ncnc(N3CCC[C@H](C(=O)O)C3)c2cc1OC. The minimum atomic E-state index is -0.757. The van der Waals surface area contributed by atoms with Crippen molar-refractivity contribution in [3.63, 3.8) is 0 Å². The van der Waals surface area contributed by atoms with Crippen LogP contribution in [0, 0.1) is 5.92 Å². The Kier molecular flexibility index (Phi) is 4.18. The van der Waals surface area contributed by atoms with Gasteiger partial charge >= 0.3 is 5.97 Å². The number of piperidine rings is 1. The lowest BCUT2D eigenvalue weighted by Crippen LogP contribution is -2.39. The number of ether oxygens (including phenoxy) is 2. The van der Waals surface area contributed by atoms with Gasteiger partial charge in [0.1, 0.15) is 12.1 Å². The monoisotopic (exact) mass is 317 g/mol. The van der Waals surface area contributed by atoms with Crippen molar-refractivity contribution in [2.24, 2.45) is 5.92 Å². The second kappa shape index (κ2) is 6.28. The summed E-state index contributed by atoms with van der Waals surface area (Å²) in [5.41, 5.74) is 0.741. The molecule has 7 nitrogen and oxygen atoms in total. The first-order valence-electron chi connectivity index (χ1n) is 7.48. The van der Waals surface area contributed by atoms with Crippen LogP contribution in [0.2, 0.25) is 0 Å². The Bertz CT molecular complexity index is 735. The van der Waals surface area contributed by atoms with Crippen molar-refractivity contribution in [2.45, 2.75) is 12.8 Å². The van der Waals surface area contributed by atoms with E-state index in [1.165, 1.54) is 6.33 Å². The van der Waals surface area contributed by atoms with E-state index in [4.69, 9.17) is 9.47 Å². The lowest BCUT2D eigenvalue weighted by atomic mass is 9.98. The number of methoxy groups -OCH3 is 2. The number of anilines is 1. The van der Waals surface area contributed by atoms with Crippen LogP contribution in [0.5, 0.6) is 11.5 Å². The Labute approximate surface area is 133 Å². The molecule has 0 spiro atoms. The van der Waals surface area contributed by atoms with Gasteiger partial charge in [-0.15, -0.1) is 0 Å². The summed E-state index contributed by atoms with van der Waals surface area (Å²) in [7, 11) is 3.16. The second-order valence-corrected chi connectivity index (χ2v) is 5.55. The van der Waals surface area contributed by atoms with Gasteiger partial charge in [0.05, 0.1) is 25.7 Å². The second-order valence-electron chi connectivity index (χ2n) is 5.55. The van der Waals surface area contributed by atoms with Gasteiger partial charge in [-0.3, -0.25) is 4.79 Å². The van der Waals surface area contributed by atoms with E-state index in [9.17, 15) is 9.90 Å². The number of aromatic nitrogens is 2. The highest BCUT2D eigenvalue weighted by atomic mass is 16.5. The number of rotatable bonds is 4. The summed E-state index contributed by atoms with van der Waals surface area (Å²) in [6.45, 7) is 1.24. The summed E-state index contributed by atoms with van der Waals surface area (Å²) < 4.78 is 10.7. The van der Waals surface area contributed by atoms with Gasteiger partial charge < -0.3 is 19.5 Å². The Balaban J connectivity index is 2.05. The van der Waals surface area contributed by atoms with Gasteiger partial charge in [-0.1, -0.05) is 0 Å². The highest BCUT2D eigenvalue weighted by Crippen LogP contribution is 2.35. The van der Waals surface area contributed by atoms with Crippen LogP contribution in [0.1, 0.15) is 12.8 Å². The van der Waals surface area contributed by atoms with Crippen molar-refractivity contribution in [2.75, 3.05) is 32.2 Å². The fourth-order valence-corrected chi connectivity index (χ4v) is 2.99. The van der Waals surface area contributed by atoms with E-state index >= 15 is 0 Å². The smallest absolute Gasteiger partial charge is 0.308 e. The maximum Gasteiger partial charge on any atom is 0.308 e. The highest BCUT2D eigenvalue weighted by Gasteiger charge is 2.27. The van der Waals surface area contributed by atoms with Gasteiger partial charge in [-0.2, -0.15) is 0 Å². The number of carboxylic acids is 1. The van der Waals surface area contributed by atoms with E-state index in [1.54, 1.807) is 20.3 Å². The minimum absolute atomic E-state index is 0.367. The van der Waals surface area contributed by atoms with Crippen LogP contribution in [-0.2, 0) is 4.79 Å². The van der Waals surface area contributed by atoms with Crippen LogP contribution in [0.25, 0.3) is 10.9 Å². The zero-order valence-corrected chi connectivity index (χ0v) is 13.2. The van der Waals surface area contributed by atoms with Crippen molar-refractivity contribution in [3.05, 3.63) is 18.5 Å². The molecule has 1 saturated heterocycles. The van der Waals surface area contributed by atoms with Crippen LogP contribution in [0.3, 0.4) is 0 Å². The van der Waals surface area contributed by atoms with E-state index in [0.717, 1.165) is 29.7 Å².